The Morgan fingerprint density at radius 1 is 0.525 bits per heavy atom. The van der Waals surface area contributed by atoms with Crippen molar-refractivity contribution in [3.63, 3.8) is 0 Å². The summed E-state index contributed by atoms with van der Waals surface area (Å²) >= 11 is 1.82. The van der Waals surface area contributed by atoms with E-state index in [1.807, 2.05) is 23.9 Å². The van der Waals surface area contributed by atoms with Gasteiger partial charge in [-0.3, -0.25) is 0 Å². The molecule has 3 heteroatoms. The van der Waals surface area contributed by atoms with Gasteiger partial charge in [0.15, 0.2) is 0 Å². The van der Waals surface area contributed by atoms with E-state index in [1.54, 1.807) is 0 Å². The molecule has 2 nitrogen and oxygen atoms in total. The Bertz CT molecular complexity index is 2110. The number of hydrogen-bond acceptors (Lipinski definition) is 3. The van der Waals surface area contributed by atoms with Crippen LogP contribution in [0.4, 0.5) is 17.1 Å². The van der Waals surface area contributed by atoms with Gasteiger partial charge in [-0.1, -0.05) is 96.7 Å². The molecule has 0 saturated heterocycles. The quantitative estimate of drug-likeness (QED) is 0.166. The first-order chi connectivity index (χ1) is 19.8. The van der Waals surface area contributed by atoms with E-state index < -0.39 is 0 Å². The Morgan fingerprint density at radius 2 is 1.07 bits per heavy atom. The van der Waals surface area contributed by atoms with Crippen molar-refractivity contribution in [1.29, 1.82) is 5.26 Å². The van der Waals surface area contributed by atoms with Crippen molar-refractivity contribution in [3.05, 3.63) is 139 Å². The fourth-order valence-corrected chi connectivity index (χ4v) is 7.10. The predicted molar refractivity (Wildman–Crippen MR) is 168 cm³/mol. The first-order valence-corrected chi connectivity index (χ1v) is 14.2. The molecule has 7 aromatic rings. The molecule has 0 unspecified atom stereocenters. The molecule has 0 bridgehead atoms. The second-order valence-corrected chi connectivity index (χ2v) is 11.2. The van der Waals surface area contributed by atoms with Crippen molar-refractivity contribution >= 4 is 61.1 Å². The molecular weight excluding hydrogens is 504 g/mol. The molecule has 186 valence electrons. The summed E-state index contributed by atoms with van der Waals surface area (Å²) in [6, 6.07) is 49.7. The normalized spacial score (nSPS) is 12.3. The molecular formula is C37H22N2S. The maximum Gasteiger partial charge on any atom is 0.0991 e. The minimum Gasteiger partial charge on any atom is -0.307 e. The number of nitrogens with zero attached hydrogens (tertiary/aromatic N) is 2. The van der Waals surface area contributed by atoms with Gasteiger partial charge < -0.3 is 4.90 Å². The van der Waals surface area contributed by atoms with Gasteiger partial charge in [0.05, 0.1) is 28.7 Å². The van der Waals surface area contributed by atoms with Crippen molar-refractivity contribution < 1.29 is 0 Å². The lowest BCUT2D eigenvalue weighted by molar-refractivity contribution is 1.18. The number of nitriles is 1. The van der Waals surface area contributed by atoms with Crippen LogP contribution in [-0.2, 0) is 0 Å². The van der Waals surface area contributed by atoms with Gasteiger partial charge in [-0.2, -0.15) is 5.26 Å². The second-order valence-electron chi connectivity index (χ2n) is 10.1. The van der Waals surface area contributed by atoms with E-state index in [-0.39, 0.29) is 0 Å². The van der Waals surface area contributed by atoms with Crippen LogP contribution in [-0.4, -0.2) is 0 Å². The van der Waals surface area contributed by atoms with E-state index >= 15 is 0 Å². The molecule has 1 aliphatic rings. The van der Waals surface area contributed by atoms with Gasteiger partial charge in [-0.15, -0.1) is 0 Å². The van der Waals surface area contributed by atoms with Crippen LogP contribution in [0.25, 0.3) is 43.4 Å². The summed E-state index contributed by atoms with van der Waals surface area (Å²) < 4.78 is 0. The Hall–Kier alpha value is -5.04. The third-order valence-electron chi connectivity index (χ3n) is 7.82. The number of rotatable bonds is 2. The van der Waals surface area contributed by atoms with Crippen molar-refractivity contribution in [2.24, 2.45) is 0 Å². The van der Waals surface area contributed by atoms with Gasteiger partial charge in [0, 0.05) is 20.7 Å². The SMILES string of the molecule is N#Cc1ccc(-c2c(N3c4ccccc4Sc4ccccc43)c3ccccc3c3cc4ccccc4cc23)cc1. The molecule has 0 spiro atoms. The second kappa shape index (κ2) is 9.02. The smallest absolute Gasteiger partial charge is 0.0991 e. The van der Waals surface area contributed by atoms with Crippen LogP contribution in [0, 0.1) is 11.3 Å². The molecule has 0 N–H and O–H groups in total. The molecule has 0 fully saturated rings. The molecule has 0 amide bonds. The zero-order valence-corrected chi connectivity index (χ0v) is 22.3. The number of anilines is 3. The van der Waals surface area contributed by atoms with E-state index in [1.165, 1.54) is 59.0 Å². The summed E-state index contributed by atoms with van der Waals surface area (Å²) in [4.78, 5) is 4.91. The van der Waals surface area contributed by atoms with Crippen LogP contribution >= 0.6 is 11.8 Å². The monoisotopic (exact) mass is 526 g/mol. The number of hydrogen-bond donors (Lipinski definition) is 0. The lowest BCUT2D eigenvalue weighted by Crippen LogP contribution is -2.16. The fraction of sp³-hybridized carbons (Fsp3) is 0. The van der Waals surface area contributed by atoms with E-state index in [4.69, 9.17) is 0 Å². The summed E-state index contributed by atoms with van der Waals surface area (Å²) in [6.07, 6.45) is 0. The Morgan fingerprint density at radius 3 is 1.73 bits per heavy atom. The van der Waals surface area contributed by atoms with Crippen LogP contribution in [0.15, 0.2) is 143 Å². The van der Waals surface area contributed by atoms with Crippen LogP contribution in [0.5, 0.6) is 0 Å². The highest BCUT2D eigenvalue weighted by Crippen LogP contribution is 2.56. The largest absolute Gasteiger partial charge is 0.307 e. The molecule has 40 heavy (non-hydrogen) atoms. The highest BCUT2D eigenvalue weighted by atomic mass is 32.2. The van der Waals surface area contributed by atoms with Crippen molar-refractivity contribution in [2.45, 2.75) is 9.79 Å². The molecule has 0 aliphatic carbocycles. The first-order valence-electron chi connectivity index (χ1n) is 13.3. The summed E-state index contributed by atoms with van der Waals surface area (Å²) in [6.45, 7) is 0. The average Bonchev–Trinajstić information content (AvgIpc) is 3.02. The Balaban J connectivity index is 1.60. The van der Waals surface area contributed by atoms with Crippen LogP contribution in [0.1, 0.15) is 5.56 Å². The Labute approximate surface area is 236 Å². The summed E-state index contributed by atoms with van der Waals surface area (Å²) in [7, 11) is 0. The van der Waals surface area contributed by atoms with Crippen LogP contribution in [0.3, 0.4) is 0 Å². The fourth-order valence-electron chi connectivity index (χ4n) is 6.04. The molecule has 0 atom stereocenters. The minimum absolute atomic E-state index is 0.658. The number of benzene rings is 7. The van der Waals surface area contributed by atoms with Gasteiger partial charge in [-0.25, -0.2) is 0 Å². The van der Waals surface area contributed by atoms with E-state index in [0.717, 1.165) is 11.3 Å². The predicted octanol–water partition coefficient (Wildman–Crippen LogP) is 10.6. The first kappa shape index (κ1) is 22.9. The third-order valence-corrected chi connectivity index (χ3v) is 8.95. The average molecular weight is 527 g/mol. The third kappa shape index (κ3) is 3.44. The van der Waals surface area contributed by atoms with Gasteiger partial charge in [0.1, 0.15) is 0 Å². The molecule has 0 radical (unpaired) electrons. The minimum atomic E-state index is 0.658. The summed E-state index contributed by atoms with van der Waals surface area (Å²) in [5, 5.41) is 16.8. The number of para-hydroxylation sites is 2. The van der Waals surface area contributed by atoms with Gasteiger partial charge in [-0.05, 0) is 81.0 Å². The molecule has 0 saturated carbocycles. The van der Waals surface area contributed by atoms with E-state index in [9.17, 15) is 5.26 Å². The molecule has 1 heterocycles. The van der Waals surface area contributed by atoms with Crippen molar-refractivity contribution in [3.8, 4) is 17.2 Å². The highest BCUT2D eigenvalue weighted by Gasteiger charge is 2.29. The Kier molecular flexibility index (Phi) is 5.16. The van der Waals surface area contributed by atoms with E-state index in [0.29, 0.717) is 5.56 Å². The van der Waals surface area contributed by atoms with Gasteiger partial charge in [0.25, 0.3) is 0 Å². The lowest BCUT2D eigenvalue weighted by atomic mass is 9.88. The molecule has 0 aromatic heterocycles. The highest BCUT2D eigenvalue weighted by molar-refractivity contribution is 7.99. The van der Waals surface area contributed by atoms with Crippen LogP contribution < -0.4 is 4.90 Å². The van der Waals surface area contributed by atoms with Gasteiger partial charge >= 0.3 is 0 Å². The standard InChI is InChI=1S/C37H22N2S/c38-23-24-17-19-25(20-18-24)36-31-22-27-10-2-1-9-26(27)21-30(31)28-11-3-4-12-29(28)37(36)39-32-13-5-7-15-34(32)40-35-16-8-6-14-33(35)39/h1-22H. The molecule has 8 rings (SSSR count). The van der Waals surface area contributed by atoms with Crippen molar-refractivity contribution in [1.82, 2.24) is 0 Å². The zero-order valence-electron chi connectivity index (χ0n) is 21.5. The topological polar surface area (TPSA) is 27.0 Å². The maximum absolute atomic E-state index is 9.55. The maximum atomic E-state index is 9.55. The molecule has 7 aromatic carbocycles. The van der Waals surface area contributed by atoms with Crippen LogP contribution in [0.2, 0.25) is 0 Å². The summed E-state index contributed by atoms with van der Waals surface area (Å²) in [5.41, 5.74) is 6.42. The zero-order chi connectivity index (χ0) is 26.6. The van der Waals surface area contributed by atoms with Gasteiger partial charge in [0.2, 0.25) is 0 Å². The lowest BCUT2D eigenvalue weighted by Gasteiger charge is -2.35. The van der Waals surface area contributed by atoms with E-state index in [2.05, 4.69) is 132 Å². The van der Waals surface area contributed by atoms with Crippen molar-refractivity contribution in [2.75, 3.05) is 4.90 Å². The summed E-state index contributed by atoms with van der Waals surface area (Å²) in [5.74, 6) is 0. The molecule has 1 aliphatic heterocycles. The number of fused-ring (bicyclic) bond motifs is 6.